The predicted octanol–water partition coefficient (Wildman–Crippen LogP) is 2.43. The van der Waals surface area contributed by atoms with Gasteiger partial charge < -0.3 is 10.4 Å². The average molecular weight is 261 g/mol. The third-order valence-corrected chi connectivity index (χ3v) is 3.73. The van der Waals surface area contributed by atoms with E-state index in [1.54, 1.807) is 0 Å². The lowest BCUT2D eigenvalue weighted by atomic mass is 10.0. The quantitative estimate of drug-likeness (QED) is 0.670. The third-order valence-electron chi connectivity index (χ3n) is 2.58. The van der Waals surface area contributed by atoms with Crippen molar-refractivity contribution < 1.29 is 9.90 Å². The number of nitrogens with one attached hydrogen (secondary N) is 1. The second-order valence-corrected chi connectivity index (χ2v) is 6.52. The van der Waals surface area contributed by atoms with Gasteiger partial charge in [-0.1, -0.05) is 33.6 Å². The second kappa shape index (κ2) is 9.77. The van der Waals surface area contributed by atoms with Crippen molar-refractivity contribution in [3.05, 3.63) is 0 Å². The maximum Gasteiger partial charge on any atom is 0.230 e. The van der Waals surface area contributed by atoms with Crippen LogP contribution in [0.3, 0.4) is 0 Å². The molecule has 3 nitrogen and oxygen atoms in total. The molecule has 0 aromatic rings. The maximum atomic E-state index is 11.6. The Morgan fingerprint density at radius 2 is 1.88 bits per heavy atom. The van der Waals surface area contributed by atoms with Crippen molar-refractivity contribution in [2.24, 2.45) is 5.92 Å². The van der Waals surface area contributed by atoms with Crippen molar-refractivity contribution in [1.82, 2.24) is 5.32 Å². The molecule has 0 aromatic heterocycles. The van der Waals surface area contributed by atoms with Gasteiger partial charge >= 0.3 is 0 Å². The van der Waals surface area contributed by atoms with Crippen molar-refractivity contribution in [3.63, 3.8) is 0 Å². The SMILES string of the molecule is CC(C)CCCC(C)NC(=O)CSC(C)CO. The van der Waals surface area contributed by atoms with E-state index in [2.05, 4.69) is 26.1 Å². The van der Waals surface area contributed by atoms with Crippen LogP contribution < -0.4 is 5.32 Å². The van der Waals surface area contributed by atoms with Gasteiger partial charge in [0.05, 0.1) is 12.4 Å². The lowest BCUT2D eigenvalue weighted by molar-refractivity contribution is -0.119. The number of carbonyl (C=O) groups excluding carboxylic acids is 1. The predicted molar refractivity (Wildman–Crippen MR) is 75.3 cm³/mol. The van der Waals surface area contributed by atoms with Gasteiger partial charge in [0.25, 0.3) is 0 Å². The molecule has 4 heteroatoms. The molecule has 1 amide bonds. The summed E-state index contributed by atoms with van der Waals surface area (Å²) in [6.07, 6.45) is 3.43. The first-order valence-corrected chi connectivity index (χ1v) is 7.52. The summed E-state index contributed by atoms with van der Waals surface area (Å²) >= 11 is 1.49. The Kier molecular flexibility index (Phi) is 9.65. The number of thioether (sulfide) groups is 1. The zero-order valence-electron chi connectivity index (χ0n) is 11.5. The van der Waals surface area contributed by atoms with Gasteiger partial charge in [-0.25, -0.2) is 0 Å². The number of amides is 1. The normalized spacial score (nSPS) is 14.7. The van der Waals surface area contributed by atoms with Crippen molar-refractivity contribution in [1.29, 1.82) is 0 Å². The molecule has 0 fully saturated rings. The summed E-state index contributed by atoms with van der Waals surface area (Å²) in [5.41, 5.74) is 0. The standard InChI is InChI=1S/C13H27NO2S/c1-10(2)6-5-7-11(3)14-13(16)9-17-12(4)8-15/h10-12,15H,5-9H2,1-4H3,(H,14,16). The molecule has 2 unspecified atom stereocenters. The molecule has 0 radical (unpaired) electrons. The fourth-order valence-corrected chi connectivity index (χ4v) is 2.12. The van der Waals surface area contributed by atoms with Gasteiger partial charge in [-0.2, -0.15) is 0 Å². The molecule has 0 aromatic carbocycles. The number of aliphatic hydroxyl groups is 1. The van der Waals surface area contributed by atoms with E-state index in [0.29, 0.717) is 5.75 Å². The zero-order valence-corrected chi connectivity index (χ0v) is 12.3. The van der Waals surface area contributed by atoms with E-state index in [9.17, 15) is 4.79 Å². The first kappa shape index (κ1) is 16.8. The highest BCUT2D eigenvalue weighted by atomic mass is 32.2. The maximum absolute atomic E-state index is 11.6. The molecule has 0 rings (SSSR count). The third kappa shape index (κ3) is 10.6. The highest BCUT2D eigenvalue weighted by Crippen LogP contribution is 2.10. The van der Waals surface area contributed by atoms with Gasteiger partial charge in [0.15, 0.2) is 0 Å². The molecule has 0 saturated carbocycles. The summed E-state index contributed by atoms with van der Waals surface area (Å²) in [5.74, 6) is 1.25. The van der Waals surface area contributed by atoms with Crippen molar-refractivity contribution in [3.8, 4) is 0 Å². The van der Waals surface area contributed by atoms with Crippen LogP contribution in [-0.4, -0.2) is 34.7 Å². The fraction of sp³-hybridized carbons (Fsp3) is 0.923. The molecule has 0 aliphatic carbocycles. The zero-order chi connectivity index (χ0) is 13.3. The topological polar surface area (TPSA) is 49.3 Å². The number of hydrogen-bond acceptors (Lipinski definition) is 3. The molecule has 2 atom stereocenters. The fourth-order valence-electron chi connectivity index (χ4n) is 1.49. The van der Waals surface area contributed by atoms with Crippen LogP contribution in [0.15, 0.2) is 0 Å². The van der Waals surface area contributed by atoms with Crippen LogP contribution in [0.2, 0.25) is 0 Å². The average Bonchev–Trinajstić information content (AvgIpc) is 2.25. The van der Waals surface area contributed by atoms with Gasteiger partial charge in [-0.15, -0.1) is 11.8 Å². The summed E-state index contributed by atoms with van der Waals surface area (Å²) in [4.78, 5) is 11.6. The number of rotatable bonds is 9. The van der Waals surface area contributed by atoms with Crippen molar-refractivity contribution >= 4 is 17.7 Å². The molecule has 0 saturated heterocycles. The summed E-state index contributed by atoms with van der Waals surface area (Å²) < 4.78 is 0. The van der Waals surface area contributed by atoms with Crippen LogP contribution in [0, 0.1) is 5.92 Å². The highest BCUT2D eigenvalue weighted by Gasteiger charge is 2.09. The Balaban J connectivity index is 3.58. The number of hydrogen-bond donors (Lipinski definition) is 2. The Morgan fingerprint density at radius 3 is 2.41 bits per heavy atom. The summed E-state index contributed by atoms with van der Waals surface area (Å²) in [7, 11) is 0. The van der Waals surface area contributed by atoms with E-state index in [1.807, 2.05) is 6.92 Å². The van der Waals surface area contributed by atoms with E-state index in [1.165, 1.54) is 24.6 Å². The van der Waals surface area contributed by atoms with Crippen LogP contribution in [0.1, 0.15) is 47.0 Å². The van der Waals surface area contributed by atoms with Gasteiger partial charge in [0.2, 0.25) is 5.91 Å². The lowest BCUT2D eigenvalue weighted by Gasteiger charge is -2.15. The molecule has 102 valence electrons. The van der Waals surface area contributed by atoms with Crippen LogP contribution >= 0.6 is 11.8 Å². The molecule has 0 aliphatic rings. The molecular weight excluding hydrogens is 234 g/mol. The van der Waals surface area contributed by atoms with Crippen LogP contribution in [0.5, 0.6) is 0 Å². The monoisotopic (exact) mass is 261 g/mol. The van der Waals surface area contributed by atoms with Crippen molar-refractivity contribution in [2.75, 3.05) is 12.4 Å². The van der Waals surface area contributed by atoms with Crippen LogP contribution in [0.4, 0.5) is 0 Å². The Morgan fingerprint density at radius 1 is 1.24 bits per heavy atom. The molecular formula is C13H27NO2S. The summed E-state index contributed by atoms with van der Waals surface area (Å²) in [6.45, 7) is 8.54. The Hall–Kier alpha value is -0.220. The van der Waals surface area contributed by atoms with Crippen LogP contribution in [-0.2, 0) is 4.79 Å². The smallest absolute Gasteiger partial charge is 0.230 e. The van der Waals surface area contributed by atoms with Crippen LogP contribution in [0.25, 0.3) is 0 Å². The Bertz CT molecular complexity index is 210. The van der Waals surface area contributed by atoms with Gasteiger partial charge in [0, 0.05) is 11.3 Å². The molecule has 0 spiro atoms. The van der Waals surface area contributed by atoms with E-state index < -0.39 is 0 Å². The molecule has 17 heavy (non-hydrogen) atoms. The minimum Gasteiger partial charge on any atom is -0.395 e. The van der Waals surface area contributed by atoms with E-state index in [-0.39, 0.29) is 23.8 Å². The van der Waals surface area contributed by atoms with E-state index in [4.69, 9.17) is 5.11 Å². The van der Waals surface area contributed by atoms with E-state index >= 15 is 0 Å². The van der Waals surface area contributed by atoms with Gasteiger partial charge in [-0.05, 0) is 19.3 Å². The molecule has 2 N–H and O–H groups in total. The number of aliphatic hydroxyl groups excluding tert-OH is 1. The van der Waals surface area contributed by atoms with Gasteiger partial charge in [-0.3, -0.25) is 4.79 Å². The lowest BCUT2D eigenvalue weighted by Crippen LogP contribution is -2.34. The summed E-state index contributed by atoms with van der Waals surface area (Å²) in [5, 5.41) is 12.0. The van der Waals surface area contributed by atoms with E-state index in [0.717, 1.165) is 12.3 Å². The first-order valence-electron chi connectivity index (χ1n) is 6.47. The minimum absolute atomic E-state index is 0.0762. The second-order valence-electron chi connectivity index (χ2n) is 5.10. The minimum atomic E-state index is 0.0762. The summed E-state index contributed by atoms with van der Waals surface area (Å²) in [6, 6.07) is 0.256. The van der Waals surface area contributed by atoms with Crippen molar-refractivity contribution in [2.45, 2.75) is 58.2 Å². The molecule has 0 bridgehead atoms. The molecule has 0 aliphatic heterocycles. The largest absolute Gasteiger partial charge is 0.395 e. The molecule has 0 heterocycles. The van der Waals surface area contributed by atoms with Gasteiger partial charge in [0.1, 0.15) is 0 Å². The first-order chi connectivity index (χ1) is 7.95. The number of carbonyl (C=O) groups is 1. The highest BCUT2D eigenvalue weighted by molar-refractivity contribution is 8.00. The Labute approximate surface area is 110 Å².